The number of nitrogens with one attached hydrogen (secondary N) is 1. The summed E-state index contributed by atoms with van der Waals surface area (Å²) in [6, 6.07) is 7.98. The second kappa shape index (κ2) is 7.92. The molecule has 0 bridgehead atoms. The normalized spacial score (nSPS) is 12.2. The monoisotopic (exact) mass is 339 g/mol. The minimum atomic E-state index is -2.86. The quantitative estimate of drug-likeness (QED) is 0.777. The molecule has 5 nitrogen and oxygen atoms in total. The van der Waals surface area contributed by atoms with Gasteiger partial charge in [-0.05, 0) is 37.6 Å². The van der Waals surface area contributed by atoms with Crippen molar-refractivity contribution in [1.29, 1.82) is 0 Å². The van der Waals surface area contributed by atoms with Crippen LogP contribution in [0.4, 0.5) is 8.78 Å². The average Bonchev–Trinajstić information content (AvgIpc) is 2.92. The number of carbonyl (C=O) groups excluding carboxylic acids is 1. The van der Waals surface area contributed by atoms with E-state index in [0.29, 0.717) is 23.6 Å². The van der Waals surface area contributed by atoms with E-state index in [-0.39, 0.29) is 11.8 Å². The van der Waals surface area contributed by atoms with Crippen molar-refractivity contribution in [2.45, 2.75) is 33.0 Å². The van der Waals surface area contributed by atoms with Crippen LogP contribution >= 0.6 is 0 Å². The number of methoxy groups -OCH3 is 1. The number of hydrogen-bond donors (Lipinski definition) is 1. The highest BCUT2D eigenvalue weighted by Gasteiger charge is 2.16. The molecule has 0 radical (unpaired) electrons. The molecular weight excluding hydrogens is 320 g/mol. The Kier molecular flexibility index (Phi) is 5.92. The van der Waals surface area contributed by atoms with Crippen LogP contribution in [0.15, 0.2) is 34.7 Å². The van der Waals surface area contributed by atoms with E-state index >= 15 is 0 Å². The summed E-state index contributed by atoms with van der Waals surface area (Å²) in [5, 5.41) is 3.20. The molecule has 1 aromatic heterocycles. The van der Waals surface area contributed by atoms with Crippen molar-refractivity contribution < 1.29 is 27.5 Å². The number of aryl methyl sites for hydroxylation is 1. The molecule has 1 atom stereocenters. The molecule has 0 saturated heterocycles. The molecule has 0 amide bonds. The topological polar surface area (TPSA) is 60.7 Å². The molecule has 130 valence electrons. The van der Waals surface area contributed by atoms with Gasteiger partial charge in [0.25, 0.3) is 0 Å². The third-order valence-corrected chi connectivity index (χ3v) is 3.54. The van der Waals surface area contributed by atoms with Crippen LogP contribution in [0, 0.1) is 6.92 Å². The Morgan fingerprint density at radius 1 is 1.33 bits per heavy atom. The van der Waals surface area contributed by atoms with E-state index < -0.39 is 12.6 Å². The predicted molar refractivity (Wildman–Crippen MR) is 83.1 cm³/mol. The number of halogens is 2. The predicted octanol–water partition coefficient (Wildman–Crippen LogP) is 3.83. The van der Waals surface area contributed by atoms with Crippen molar-refractivity contribution in [3.63, 3.8) is 0 Å². The lowest BCUT2D eigenvalue weighted by atomic mass is 10.1. The average molecular weight is 339 g/mol. The van der Waals surface area contributed by atoms with Crippen LogP contribution in [0.3, 0.4) is 0 Å². The Balaban J connectivity index is 2.00. The fourth-order valence-corrected chi connectivity index (χ4v) is 2.28. The van der Waals surface area contributed by atoms with Crippen molar-refractivity contribution in [1.82, 2.24) is 5.32 Å². The first-order valence-corrected chi connectivity index (χ1v) is 7.36. The lowest BCUT2D eigenvalue weighted by molar-refractivity contribution is -0.0499. The number of rotatable bonds is 7. The van der Waals surface area contributed by atoms with E-state index in [9.17, 15) is 13.6 Å². The van der Waals surface area contributed by atoms with Crippen LogP contribution in [0.25, 0.3) is 0 Å². The van der Waals surface area contributed by atoms with Gasteiger partial charge in [-0.3, -0.25) is 0 Å². The minimum Gasteiger partial charge on any atom is -0.465 e. The van der Waals surface area contributed by atoms with Crippen molar-refractivity contribution in [3.05, 3.63) is 53.0 Å². The molecule has 2 aromatic rings. The molecule has 0 aliphatic heterocycles. The van der Waals surface area contributed by atoms with Crippen LogP contribution in [-0.4, -0.2) is 19.7 Å². The maximum absolute atomic E-state index is 12.3. The van der Waals surface area contributed by atoms with E-state index in [0.717, 1.165) is 5.56 Å². The molecule has 1 N–H and O–H groups in total. The molecule has 0 aliphatic rings. The molecule has 0 saturated carbocycles. The molecule has 1 aromatic carbocycles. The van der Waals surface area contributed by atoms with E-state index in [1.807, 2.05) is 13.0 Å². The second-order valence-corrected chi connectivity index (χ2v) is 5.23. The smallest absolute Gasteiger partial charge is 0.387 e. The molecule has 0 fully saturated rings. The Hall–Kier alpha value is -2.41. The first kappa shape index (κ1) is 17.9. The molecule has 1 unspecified atom stereocenters. The fourth-order valence-electron chi connectivity index (χ4n) is 2.28. The largest absolute Gasteiger partial charge is 0.465 e. The van der Waals surface area contributed by atoms with Gasteiger partial charge in [0.15, 0.2) is 0 Å². The van der Waals surface area contributed by atoms with Crippen molar-refractivity contribution >= 4 is 5.97 Å². The summed E-state index contributed by atoms with van der Waals surface area (Å²) < 4.78 is 39.1. The molecule has 0 spiro atoms. The first-order chi connectivity index (χ1) is 11.4. The van der Waals surface area contributed by atoms with Crippen LogP contribution in [0.2, 0.25) is 0 Å². The molecular formula is C17H19F2NO4. The summed E-state index contributed by atoms with van der Waals surface area (Å²) in [6.45, 7) is 1.09. The second-order valence-electron chi connectivity index (χ2n) is 5.23. The number of hydrogen-bond acceptors (Lipinski definition) is 5. The summed E-state index contributed by atoms with van der Waals surface area (Å²) in [5.41, 5.74) is 1.18. The Labute approximate surface area is 138 Å². The Bertz CT molecular complexity index is 700. The van der Waals surface area contributed by atoms with E-state index in [2.05, 4.69) is 14.8 Å². The van der Waals surface area contributed by atoms with Gasteiger partial charge in [-0.15, -0.1) is 0 Å². The summed E-state index contributed by atoms with van der Waals surface area (Å²) in [7, 11) is 1.31. The van der Waals surface area contributed by atoms with Gasteiger partial charge in [0.05, 0.1) is 13.7 Å². The Morgan fingerprint density at radius 3 is 2.75 bits per heavy atom. The number of furan rings is 1. The van der Waals surface area contributed by atoms with Gasteiger partial charge >= 0.3 is 12.6 Å². The zero-order valence-electron chi connectivity index (χ0n) is 13.6. The summed E-state index contributed by atoms with van der Waals surface area (Å²) in [5.74, 6) is 0.726. The van der Waals surface area contributed by atoms with Crippen molar-refractivity contribution in [3.8, 4) is 5.75 Å². The highest BCUT2D eigenvalue weighted by molar-refractivity contribution is 5.90. The number of alkyl halides is 2. The molecule has 7 heteroatoms. The third-order valence-electron chi connectivity index (χ3n) is 3.54. The van der Waals surface area contributed by atoms with Crippen LogP contribution in [-0.2, 0) is 11.3 Å². The van der Waals surface area contributed by atoms with Crippen LogP contribution in [0.1, 0.15) is 40.4 Å². The van der Waals surface area contributed by atoms with Crippen LogP contribution < -0.4 is 10.1 Å². The van der Waals surface area contributed by atoms with Gasteiger partial charge in [0.1, 0.15) is 22.8 Å². The van der Waals surface area contributed by atoms with Gasteiger partial charge in [-0.1, -0.05) is 12.1 Å². The standard InChI is InChI=1S/C17H19F2NO4/c1-10(12-5-4-6-13(7-12)24-17(18)19)20-9-14-8-15(11(2)23-14)16(21)22-3/h4-8,10,17,20H,9H2,1-3H3. The molecule has 1 heterocycles. The lowest BCUT2D eigenvalue weighted by Gasteiger charge is -2.14. The first-order valence-electron chi connectivity index (χ1n) is 7.36. The van der Waals surface area contributed by atoms with Crippen LogP contribution in [0.5, 0.6) is 5.75 Å². The SMILES string of the molecule is COC(=O)c1cc(CNC(C)c2cccc(OC(F)F)c2)oc1C. The molecule has 0 aliphatic carbocycles. The highest BCUT2D eigenvalue weighted by Crippen LogP contribution is 2.22. The van der Waals surface area contributed by atoms with E-state index in [4.69, 9.17) is 4.42 Å². The van der Waals surface area contributed by atoms with Gasteiger partial charge in [-0.2, -0.15) is 8.78 Å². The van der Waals surface area contributed by atoms with Gasteiger partial charge < -0.3 is 19.2 Å². The summed E-state index contributed by atoms with van der Waals surface area (Å²) in [6.07, 6.45) is 0. The van der Waals surface area contributed by atoms with E-state index in [1.54, 1.807) is 25.1 Å². The van der Waals surface area contributed by atoms with Gasteiger partial charge in [-0.25, -0.2) is 4.79 Å². The highest BCUT2D eigenvalue weighted by atomic mass is 19.3. The minimum absolute atomic E-state index is 0.109. The fraction of sp³-hybridized carbons (Fsp3) is 0.353. The van der Waals surface area contributed by atoms with Crippen molar-refractivity contribution in [2.75, 3.05) is 7.11 Å². The Morgan fingerprint density at radius 2 is 2.08 bits per heavy atom. The number of carbonyl (C=O) groups is 1. The number of esters is 1. The van der Waals surface area contributed by atoms with Crippen molar-refractivity contribution in [2.24, 2.45) is 0 Å². The van der Waals surface area contributed by atoms with E-state index in [1.165, 1.54) is 13.2 Å². The summed E-state index contributed by atoms with van der Waals surface area (Å²) >= 11 is 0. The maximum Gasteiger partial charge on any atom is 0.387 e. The zero-order chi connectivity index (χ0) is 17.7. The molecule has 24 heavy (non-hydrogen) atoms. The van der Waals surface area contributed by atoms with Gasteiger partial charge in [0, 0.05) is 6.04 Å². The lowest BCUT2D eigenvalue weighted by Crippen LogP contribution is -2.18. The zero-order valence-corrected chi connectivity index (χ0v) is 13.6. The van der Waals surface area contributed by atoms with Gasteiger partial charge in [0.2, 0.25) is 0 Å². The summed E-state index contributed by atoms with van der Waals surface area (Å²) in [4.78, 5) is 11.6. The maximum atomic E-state index is 12.3. The molecule has 2 rings (SSSR count). The third kappa shape index (κ3) is 4.55. The number of benzene rings is 1. The number of ether oxygens (including phenoxy) is 2.